The van der Waals surface area contributed by atoms with Crippen LogP contribution in [0.5, 0.6) is 0 Å². The Labute approximate surface area is 80.2 Å². The number of rotatable bonds is 5. The quantitative estimate of drug-likeness (QED) is 0.516. The van der Waals surface area contributed by atoms with Gasteiger partial charge in [-0.1, -0.05) is 12.2 Å². The Bertz CT molecular complexity index is 159. The summed E-state index contributed by atoms with van der Waals surface area (Å²) in [4.78, 5) is 0. The van der Waals surface area contributed by atoms with E-state index in [1.807, 2.05) is 6.08 Å². The molecule has 0 aromatic carbocycles. The third-order valence-electron chi connectivity index (χ3n) is 2.53. The summed E-state index contributed by atoms with van der Waals surface area (Å²) in [7, 11) is 0. The molecular weight excluding hydrogens is 170 g/mol. The molecule has 0 aromatic rings. The molecule has 0 atom stereocenters. The second-order valence-corrected chi connectivity index (χ2v) is 4.31. The molecule has 0 heterocycles. The first-order valence-electron chi connectivity index (χ1n) is 4.63. The molecule has 2 heteroatoms. The zero-order chi connectivity index (χ0) is 9.03. The van der Waals surface area contributed by atoms with Crippen LogP contribution in [-0.2, 0) is 0 Å². The van der Waals surface area contributed by atoms with Crippen molar-refractivity contribution in [2.75, 3.05) is 12.4 Å². The molecule has 1 nitrogen and oxygen atoms in total. The summed E-state index contributed by atoms with van der Waals surface area (Å²) in [6, 6.07) is 0. The van der Waals surface area contributed by atoms with Crippen LogP contribution >= 0.6 is 11.6 Å². The van der Waals surface area contributed by atoms with E-state index in [0.29, 0.717) is 11.4 Å². The molecule has 1 aliphatic rings. The summed E-state index contributed by atoms with van der Waals surface area (Å²) >= 11 is 5.51. The van der Waals surface area contributed by atoms with Crippen molar-refractivity contribution in [1.29, 1.82) is 0 Å². The van der Waals surface area contributed by atoms with Crippen LogP contribution in [0.25, 0.3) is 0 Å². The van der Waals surface area contributed by atoms with Crippen molar-refractivity contribution < 1.29 is 0 Å². The minimum Gasteiger partial charge on any atom is -0.308 e. The van der Waals surface area contributed by atoms with E-state index < -0.39 is 0 Å². The highest BCUT2D eigenvalue weighted by molar-refractivity contribution is 6.18. The van der Waals surface area contributed by atoms with E-state index in [0.717, 1.165) is 12.5 Å². The monoisotopic (exact) mass is 187 g/mol. The third kappa shape index (κ3) is 3.16. The van der Waals surface area contributed by atoms with Crippen LogP contribution in [0.15, 0.2) is 12.2 Å². The van der Waals surface area contributed by atoms with Crippen LogP contribution in [0.4, 0.5) is 0 Å². The average Bonchev–Trinajstić information content (AvgIpc) is 2.80. The van der Waals surface area contributed by atoms with Gasteiger partial charge in [0.05, 0.1) is 0 Å². The second kappa shape index (κ2) is 4.29. The lowest BCUT2D eigenvalue weighted by molar-refractivity contribution is 0.357. The lowest BCUT2D eigenvalue weighted by atomic mass is 9.99. The molecule has 12 heavy (non-hydrogen) atoms. The smallest absolute Gasteiger partial charge is 0.0404 e. The van der Waals surface area contributed by atoms with E-state index in [-0.39, 0.29) is 0 Å². The van der Waals surface area contributed by atoms with Crippen LogP contribution in [-0.4, -0.2) is 18.0 Å². The van der Waals surface area contributed by atoms with Gasteiger partial charge in [-0.25, -0.2) is 0 Å². The molecule has 1 fully saturated rings. The molecule has 70 valence electrons. The molecule has 1 saturated carbocycles. The van der Waals surface area contributed by atoms with Gasteiger partial charge in [0.1, 0.15) is 0 Å². The predicted octanol–water partition coefficient (Wildman–Crippen LogP) is 2.56. The van der Waals surface area contributed by atoms with Gasteiger partial charge in [-0.05, 0) is 32.6 Å². The summed E-state index contributed by atoms with van der Waals surface area (Å²) in [5.74, 6) is 1.51. The topological polar surface area (TPSA) is 12.0 Å². The van der Waals surface area contributed by atoms with Crippen LogP contribution in [0.1, 0.15) is 26.7 Å². The maximum Gasteiger partial charge on any atom is 0.0404 e. The van der Waals surface area contributed by atoms with Gasteiger partial charge < -0.3 is 5.32 Å². The molecule has 0 amide bonds. The summed E-state index contributed by atoms with van der Waals surface area (Å²) < 4.78 is 0. The van der Waals surface area contributed by atoms with Gasteiger partial charge in [0.25, 0.3) is 0 Å². The largest absolute Gasteiger partial charge is 0.308 e. The van der Waals surface area contributed by atoms with E-state index in [4.69, 9.17) is 11.6 Å². The van der Waals surface area contributed by atoms with Crippen molar-refractivity contribution in [2.45, 2.75) is 32.2 Å². The fourth-order valence-electron chi connectivity index (χ4n) is 1.42. The molecule has 1 aliphatic carbocycles. The molecule has 0 radical (unpaired) electrons. The van der Waals surface area contributed by atoms with Gasteiger partial charge in [0.2, 0.25) is 0 Å². The van der Waals surface area contributed by atoms with Crippen LogP contribution in [0.3, 0.4) is 0 Å². The number of hydrogen-bond donors (Lipinski definition) is 1. The molecule has 0 saturated heterocycles. The summed E-state index contributed by atoms with van der Waals surface area (Å²) in [5, 5.41) is 3.51. The maximum absolute atomic E-state index is 5.51. The van der Waals surface area contributed by atoms with Crippen molar-refractivity contribution in [3.63, 3.8) is 0 Å². The first-order chi connectivity index (χ1) is 5.67. The number of alkyl halides is 1. The Balaban J connectivity index is 2.16. The van der Waals surface area contributed by atoms with Crippen LogP contribution in [0.2, 0.25) is 0 Å². The molecular formula is C10H18ClN. The number of nitrogens with one attached hydrogen (secondary N) is 1. The van der Waals surface area contributed by atoms with E-state index in [1.165, 1.54) is 12.8 Å². The predicted molar refractivity (Wildman–Crippen MR) is 54.7 cm³/mol. The van der Waals surface area contributed by atoms with Crippen molar-refractivity contribution in [3.05, 3.63) is 12.2 Å². The normalized spacial score (nSPS) is 18.9. The Morgan fingerprint density at radius 2 is 2.08 bits per heavy atom. The van der Waals surface area contributed by atoms with Gasteiger partial charge in [-0.3, -0.25) is 0 Å². The molecule has 1 rings (SSSR count). The van der Waals surface area contributed by atoms with E-state index in [1.54, 1.807) is 0 Å². The first kappa shape index (κ1) is 10.1. The lowest BCUT2D eigenvalue weighted by Gasteiger charge is -2.25. The zero-order valence-electron chi connectivity index (χ0n) is 7.94. The minimum atomic E-state index is 0.316. The minimum absolute atomic E-state index is 0.316. The Kier molecular flexibility index (Phi) is 3.60. The molecule has 0 spiro atoms. The van der Waals surface area contributed by atoms with Gasteiger partial charge >= 0.3 is 0 Å². The highest BCUT2D eigenvalue weighted by Crippen LogP contribution is 2.38. The highest BCUT2D eigenvalue weighted by Gasteiger charge is 2.36. The van der Waals surface area contributed by atoms with E-state index >= 15 is 0 Å². The Morgan fingerprint density at radius 3 is 2.58 bits per heavy atom. The van der Waals surface area contributed by atoms with Crippen molar-refractivity contribution in [1.82, 2.24) is 5.32 Å². The number of allylic oxidation sites excluding steroid dienone is 1. The van der Waals surface area contributed by atoms with Gasteiger partial charge in [-0.2, -0.15) is 0 Å². The average molecular weight is 188 g/mol. The Morgan fingerprint density at radius 1 is 1.42 bits per heavy atom. The fourth-order valence-corrected chi connectivity index (χ4v) is 1.54. The number of halogens is 1. The van der Waals surface area contributed by atoms with Crippen molar-refractivity contribution in [3.8, 4) is 0 Å². The standard InChI is InChI=1S/C10H18ClN/c1-10(2,9-5-6-9)12-8-4-3-7-11/h3-4,9,12H,5-8H2,1-2H3/b4-3+. The second-order valence-electron chi connectivity index (χ2n) is 4.00. The van der Waals surface area contributed by atoms with Gasteiger partial charge in [-0.15, -0.1) is 11.6 Å². The SMILES string of the molecule is CC(C)(NC/C=C/CCl)C1CC1. The first-order valence-corrected chi connectivity index (χ1v) is 5.16. The molecule has 0 aromatic heterocycles. The fraction of sp³-hybridized carbons (Fsp3) is 0.800. The van der Waals surface area contributed by atoms with Crippen LogP contribution in [0, 0.1) is 5.92 Å². The van der Waals surface area contributed by atoms with Gasteiger partial charge in [0.15, 0.2) is 0 Å². The summed E-state index contributed by atoms with van der Waals surface area (Å²) in [5.41, 5.74) is 0.316. The molecule has 0 unspecified atom stereocenters. The van der Waals surface area contributed by atoms with Gasteiger partial charge in [0, 0.05) is 18.0 Å². The molecule has 0 aliphatic heterocycles. The summed E-state index contributed by atoms with van der Waals surface area (Å²) in [6.07, 6.45) is 6.85. The molecule has 1 N–H and O–H groups in total. The third-order valence-corrected chi connectivity index (χ3v) is 2.71. The zero-order valence-corrected chi connectivity index (χ0v) is 8.69. The van der Waals surface area contributed by atoms with E-state index in [9.17, 15) is 0 Å². The van der Waals surface area contributed by atoms with E-state index in [2.05, 4.69) is 25.2 Å². The lowest BCUT2D eigenvalue weighted by Crippen LogP contribution is -2.41. The van der Waals surface area contributed by atoms with Crippen molar-refractivity contribution >= 4 is 11.6 Å². The maximum atomic E-state index is 5.51. The summed E-state index contributed by atoms with van der Waals surface area (Å²) in [6.45, 7) is 5.49. The molecule has 0 bridgehead atoms. The number of hydrogen-bond acceptors (Lipinski definition) is 1. The van der Waals surface area contributed by atoms with Crippen molar-refractivity contribution in [2.24, 2.45) is 5.92 Å². The highest BCUT2D eigenvalue weighted by atomic mass is 35.5. The Hall–Kier alpha value is -0.0100. The van der Waals surface area contributed by atoms with Crippen LogP contribution < -0.4 is 5.32 Å².